The Kier molecular flexibility index (Phi) is 4.83. The first kappa shape index (κ1) is 12.9. The Morgan fingerprint density at radius 2 is 2.24 bits per heavy atom. The zero-order valence-electron chi connectivity index (χ0n) is 10.3. The van der Waals surface area contributed by atoms with E-state index in [0.29, 0.717) is 5.25 Å². The van der Waals surface area contributed by atoms with Gasteiger partial charge in [0.1, 0.15) is 0 Å². The standard InChI is InChI=1S/C13H18N2S2/c1-3-8-14-9-10(2)16-13-15-11-6-4-5-7-12(11)17-13/h4-7,10,14H,3,8-9H2,1-2H3. The van der Waals surface area contributed by atoms with Crippen LogP contribution in [0.1, 0.15) is 20.3 Å². The second-order valence-corrected chi connectivity index (χ2v) is 6.80. The molecule has 0 aliphatic rings. The molecule has 1 unspecified atom stereocenters. The second kappa shape index (κ2) is 6.38. The van der Waals surface area contributed by atoms with Gasteiger partial charge in [-0.15, -0.1) is 11.3 Å². The molecule has 92 valence electrons. The zero-order valence-corrected chi connectivity index (χ0v) is 11.9. The van der Waals surface area contributed by atoms with Gasteiger partial charge < -0.3 is 5.32 Å². The van der Waals surface area contributed by atoms with E-state index in [1.807, 2.05) is 17.8 Å². The molecule has 0 aliphatic heterocycles. The Labute approximate surface area is 111 Å². The van der Waals surface area contributed by atoms with Crippen LogP contribution < -0.4 is 5.32 Å². The van der Waals surface area contributed by atoms with Gasteiger partial charge in [-0.3, -0.25) is 0 Å². The van der Waals surface area contributed by atoms with Crippen LogP contribution in [0.25, 0.3) is 10.2 Å². The molecule has 0 bridgehead atoms. The van der Waals surface area contributed by atoms with Gasteiger partial charge in [0, 0.05) is 11.8 Å². The summed E-state index contributed by atoms with van der Waals surface area (Å²) in [6, 6.07) is 8.33. The summed E-state index contributed by atoms with van der Waals surface area (Å²) >= 11 is 3.65. The van der Waals surface area contributed by atoms with Crippen molar-refractivity contribution in [3.63, 3.8) is 0 Å². The highest BCUT2D eigenvalue weighted by Crippen LogP contribution is 2.31. The maximum absolute atomic E-state index is 4.63. The Morgan fingerprint density at radius 1 is 1.41 bits per heavy atom. The van der Waals surface area contributed by atoms with Crippen LogP contribution in [0.3, 0.4) is 0 Å². The van der Waals surface area contributed by atoms with Crippen molar-refractivity contribution in [2.24, 2.45) is 0 Å². The Bertz CT molecular complexity index is 434. The van der Waals surface area contributed by atoms with E-state index in [1.165, 1.54) is 15.5 Å². The summed E-state index contributed by atoms with van der Waals surface area (Å²) in [7, 11) is 0. The normalized spacial score (nSPS) is 13.1. The first-order valence-electron chi connectivity index (χ1n) is 6.02. The number of rotatable bonds is 6. The van der Waals surface area contributed by atoms with Gasteiger partial charge in [-0.2, -0.15) is 0 Å². The number of thioether (sulfide) groups is 1. The predicted molar refractivity (Wildman–Crippen MR) is 78.1 cm³/mol. The fourth-order valence-electron chi connectivity index (χ4n) is 1.60. The van der Waals surface area contributed by atoms with Crippen LogP contribution in [-0.2, 0) is 0 Å². The molecule has 2 aromatic rings. The lowest BCUT2D eigenvalue weighted by Gasteiger charge is -2.09. The molecule has 0 saturated carbocycles. The van der Waals surface area contributed by atoms with Gasteiger partial charge in [0.25, 0.3) is 0 Å². The first-order chi connectivity index (χ1) is 8.29. The minimum absolute atomic E-state index is 0.571. The SMILES string of the molecule is CCCNCC(C)Sc1nc2ccccc2s1. The van der Waals surface area contributed by atoms with Crippen molar-refractivity contribution < 1.29 is 0 Å². The average Bonchev–Trinajstić information content (AvgIpc) is 2.71. The van der Waals surface area contributed by atoms with Gasteiger partial charge >= 0.3 is 0 Å². The number of benzene rings is 1. The molecule has 0 aliphatic carbocycles. The van der Waals surface area contributed by atoms with Crippen molar-refractivity contribution in [3.8, 4) is 0 Å². The number of nitrogens with zero attached hydrogens (tertiary/aromatic N) is 1. The summed E-state index contributed by atoms with van der Waals surface area (Å²) < 4.78 is 2.46. The molecule has 0 fully saturated rings. The van der Waals surface area contributed by atoms with Gasteiger partial charge in [0.05, 0.1) is 10.2 Å². The number of nitrogens with one attached hydrogen (secondary N) is 1. The fraction of sp³-hybridized carbons (Fsp3) is 0.462. The maximum Gasteiger partial charge on any atom is 0.151 e. The van der Waals surface area contributed by atoms with Gasteiger partial charge in [0.15, 0.2) is 4.34 Å². The van der Waals surface area contributed by atoms with Crippen LogP contribution in [0.15, 0.2) is 28.6 Å². The smallest absolute Gasteiger partial charge is 0.151 e. The summed E-state index contributed by atoms with van der Waals surface area (Å²) in [6.07, 6.45) is 1.19. The predicted octanol–water partition coefficient (Wildman–Crippen LogP) is 3.78. The maximum atomic E-state index is 4.63. The molecular weight excluding hydrogens is 248 g/mol. The molecule has 1 atom stereocenters. The Hall–Kier alpha value is -0.580. The van der Waals surface area contributed by atoms with Crippen molar-refractivity contribution in [3.05, 3.63) is 24.3 Å². The lowest BCUT2D eigenvalue weighted by molar-refractivity contribution is 0.669. The van der Waals surface area contributed by atoms with Crippen molar-refractivity contribution in [2.45, 2.75) is 29.9 Å². The Morgan fingerprint density at radius 3 is 3.00 bits per heavy atom. The van der Waals surface area contributed by atoms with Gasteiger partial charge in [0.2, 0.25) is 0 Å². The molecule has 1 N–H and O–H groups in total. The van der Waals surface area contributed by atoms with Gasteiger partial charge in [-0.25, -0.2) is 4.98 Å². The number of hydrogen-bond acceptors (Lipinski definition) is 4. The van der Waals surface area contributed by atoms with Crippen molar-refractivity contribution in [1.29, 1.82) is 0 Å². The number of aromatic nitrogens is 1. The van der Waals surface area contributed by atoms with E-state index in [4.69, 9.17) is 0 Å². The van der Waals surface area contributed by atoms with Crippen LogP contribution in [0.5, 0.6) is 0 Å². The third kappa shape index (κ3) is 3.69. The summed E-state index contributed by atoms with van der Waals surface area (Å²) in [5.74, 6) is 0. The van der Waals surface area contributed by atoms with E-state index >= 15 is 0 Å². The number of thiazole rings is 1. The minimum atomic E-state index is 0.571. The largest absolute Gasteiger partial charge is 0.316 e. The zero-order chi connectivity index (χ0) is 12.1. The van der Waals surface area contributed by atoms with E-state index in [2.05, 4.69) is 42.3 Å². The third-order valence-electron chi connectivity index (χ3n) is 2.43. The highest BCUT2D eigenvalue weighted by Gasteiger charge is 2.08. The highest BCUT2D eigenvalue weighted by molar-refractivity contribution is 8.01. The lowest BCUT2D eigenvalue weighted by Crippen LogP contribution is -2.23. The van der Waals surface area contributed by atoms with Crippen LogP contribution >= 0.6 is 23.1 Å². The van der Waals surface area contributed by atoms with E-state index in [9.17, 15) is 0 Å². The molecule has 2 nitrogen and oxygen atoms in total. The lowest BCUT2D eigenvalue weighted by atomic mass is 10.3. The summed E-state index contributed by atoms with van der Waals surface area (Å²) in [6.45, 7) is 6.59. The van der Waals surface area contributed by atoms with E-state index in [1.54, 1.807) is 11.3 Å². The number of fused-ring (bicyclic) bond motifs is 1. The molecule has 1 aromatic heterocycles. The quantitative estimate of drug-likeness (QED) is 0.636. The van der Waals surface area contributed by atoms with E-state index in [0.717, 1.165) is 18.6 Å². The molecule has 0 spiro atoms. The summed E-state index contributed by atoms with van der Waals surface area (Å²) in [5, 5.41) is 4.02. The molecular formula is C13H18N2S2. The highest BCUT2D eigenvalue weighted by atomic mass is 32.2. The first-order valence-corrected chi connectivity index (χ1v) is 7.72. The van der Waals surface area contributed by atoms with E-state index in [-0.39, 0.29) is 0 Å². The molecule has 1 aromatic carbocycles. The van der Waals surface area contributed by atoms with Crippen molar-refractivity contribution in [2.75, 3.05) is 13.1 Å². The van der Waals surface area contributed by atoms with Gasteiger partial charge in [-0.05, 0) is 25.1 Å². The second-order valence-electron chi connectivity index (χ2n) is 4.08. The summed E-state index contributed by atoms with van der Waals surface area (Å²) in [5.41, 5.74) is 1.12. The molecule has 2 rings (SSSR count). The van der Waals surface area contributed by atoms with Crippen molar-refractivity contribution >= 4 is 33.3 Å². The molecule has 0 saturated heterocycles. The van der Waals surface area contributed by atoms with E-state index < -0.39 is 0 Å². The molecule has 4 heteroatoms. The van der Waals surface area contributed by atoms with Gasteiger partial charge in [-0.1, -0.05) is 37.7 Å². The number of hydrogen-bond donors (Lipinski definition) is 1. The summed E-state index contributed by atoms with van der Waals surface area (Å²) in [4.78, 5) is 4.63. The van der Waals surface area contributed by atoms with Crippen LogP contribution in [-0.4, -0.2) is 23.3 Å². The molecule has 1 heterocycles. The number of para-hydroxylation sites is 1. The van der Waals surface area contributed by atoms with Crippen LogP contribution in [0, 0.1) is 0 Å². The fourth-order valence-corrected chi connectivity index (χ4v) is 3.95. The molecule has 0 radical (unpaired) electrons. The monoisotopic (exact) mass is 266 g/mol. The molecule has 0 amide bonds. The van der Waals surface area contributed by atoms with Crippen LogP contribution in [0.4, 0.5) is 0 Å². The average molecular weight is 266 g/mol. The van der Waals surface area contributed by atoms with Crippen molar-refractivity contribution in [1.82, 2.24) is 10.3 Å². The third-order valence-corrected chi connectivity index (χ3v) is 4.67. The van der Waals surface area contributed by atoms with Crippen LogP contribution in [0.2, 0.25) is 0 Å². The molecule has 17 heavy (non-hydrogen) atoms. The topological polar surface area (TPSA) is 24.9 Å². The Balaban J connectivity index is 1.93. The minimum Gasteiger partial charge on any atom is -0.316 e.